The molecule has 4 amide bonds. The molecule has 1 aliphatic carbocycles. The van der Waals surface area contributed by atoms with Gasteiger partial charge in [0.05, 0.1) is 33.4 Å². The second-order valence-electron chi connectivity index (χ2n) is 15.1. The molecule has 0 radical (unpaired) electrons. The normalized spacial score (nSPS) is 25.9. The van der Waals surface area contributed by atoms with E-state index < -0.39 is 72.3 Å². The van der Waals surface area contributed by atoms with E-state index in [9.17, 15) is 27.6 Å². The quantitative estimate of drug-likeness (QED) is 0.207. The Kier molecular flexibility index (Phi) is 12.5. The Bertz CT molecular complexity index is 1860. The van der Waals surface area contributed by atoms with E-state index in [1.165, 1.54) is 4.90 Å². The van der Waals surface area contributed by atoms with Gasteiger partial charge in [-0.2, -0.15) is 0 Å². The van der Waals surface area contributed by atoms with Gasteiger partial charge in [-0.1, -0.05) is 47.6 Å². The van der Waals surface area contributed by atoms with Crippen molar-refractivity contribution in [3.05, 3.63) is 36.0 Å². The first kappa shape index (κ1) is 40.4. The summed E-state index contributed by atoms with van der Waals surface area (Å²) in [6.07, 6.45) is 6.12. The van der Waals surface area contributed by atoms with E-state index in [4.69, 9.17) is 14.2 Å². The Balaban J connectivity index is 1.47. The van der Waals surface area contributed by atoms with Crippen molar-refractivity contribution in [2.24, 2.45) is 0 Å². The van der Waals surface area contributed by atoms with Crippen LogP contribution in [0.15, 0.2) is 30.4 Å². The van der Waals surface area contributed by atoms with E-state index in [0.29, 0.717) is 54.6 Å². The number of hydrogen-bond acceptors (Lipinski definition) is 11. The lowest BCUT2D eigenvalue weighted by Gasteiger charge is -2.30. The van der Waals surface area contributed by atoms with Gasteiger partial charge in [0, 0.05) is 12.5 Å². The summed E-state index contributed by atoms with van der Waals surface area (Å²) in [6.45, 7) is 8.43. The van der Waals surface area contributed by atoms with Gasteiger partial charge < -0.3 is 29.7 Å². The monoisotopic (exact) mass is 868 g/mol. The maximum Gasteiger partial charge on any atom is 0.408 e. The van der Waals surface area contributed by atoms with Crippen LogP contribution in [0.1, 0.15) is 84.8 Å². The molecule has 5 rings (SSSR count). The molecule has 290 valence electrons. The van der Waals surface area contributed by atoms with Crippen LogP contribution in [-0.4, -0.2) is 99.3 Å². The lowest BCUT2D eigenvalue weighted by molar-refractivity contribution is -0.141. The molecule has 17 heteroatoms. The van der Waals surface area contributed by atoms with Gasteiger partial charge in [-0.15, -0.1) is 0 Å². The molecule has 15 nitrogen and oxygen atoms in total. The topological polar surface area (TPSA) is 195 Å². The van der Waals surface area contributed by atoms with E-state index in [2.05, 4.69) is 25.3 Å². The predicted octanol–water partition coefficient (Wildman–Crippen LogP) is 4.00. The average molecular weight is 869 g/mol. The number of nitrogens with zero attached hydrogens (tertiary/aromatic N) is 3. The fourth-order valence-corrected chi connectivity index (χ4v) is 8.29. The van der Waals surface area contributed by atoms with Gasteiger partial charge in [0.1, 0.15) is 41.3 Å². The van der Waals surface area contributed by atoms with Crippen LogP contribution in [0.4, 0.5) is 4.79 Å². The Morgan fingerprint density at radius 2 is 1.83 bits per heavy atom. The summed E-state index contributed by atoms with van der Waals surface area (Å²) in [6, 6.07) is 1.84. The number of nitrogens with one attached hydrogen (secondary N) is 3. The zero-order chi connectivity index (χ0) is 38.7. The molecule has 1 saturated carbocycles. The molecule has 3 aliphatic rings. The van der Waals surface area contributed by atoms with Gasteiger partial charge in [0.2, 0.25) is 27.7 Å². The maximum absolute atomic E-state index is 14.4. The summed E-state index contributed by atoms with van der Waals surface area (Å²) in [4.78, 5) is 65.9. The predicted molar refractivity (Wildman–Crippen MR) is 205 cm³/mol. The van der Waals surface area contributed by atoms with Crippen molar-refractivity contribution in [3.8, 4) is 11.6 Å². The van der Waals surface area contributed by atoms with Gasteiger partial charge in [0.15, 0.2) is 0 Å². The zero-order valence-corrected chi connectivity index (χ0v) is 33.9. The Morgan fingerprint density at radius 1 is 1.09 bits per heavy atom. The van der Waals surface area contributed by atoms with Crippen molar-refractivity contribution >= 4 is 67.5 Å². The van der Waals surface area contributed by atoms with Crippen LogP contribution in [-0.2, 0) is 29.1 Å². The highest BCUT2D eigenvalue weighted by atomic mass is 127. The number of aromatic nitrogens is 2. The number of benzene rings is 1. The van der Waals surface area contributed by atoms with Crippen LogP contribution < -0.4 is 24.8 Å². The molecule has 1 aromatic heterocycles. The van der Waals surface area contributed by atoms with Gasteiger partial charge in [-0.25, -0.2) is 23.2 Å². The van der Waals surface area contributed by atoms with Crippen molar-refractivity contribution in [2.75, 3.05) is 13.7 Å². The maximum atomic E-state index is 14.4. The number of ether oxygens (including phenoxy) is 3. The molecule has 0 bridgehead atoms. The standard InChI is InChI=1S/C36H49IN6O9S/c1-21-32(39-27-18-22(50-6)14-15-25(27)38-21)51-23-19-28-30(44)41-29(31(45)42-53(48,49)36(5)16-17-36)24(37)12-10-8-7-9-11-13-26(33(46)43(28)20-23)40-34(47)52-35(2,3)4/h10,12,14-15,18,23-24,26,28-29H,7-9,11,13,16-17,19-20H2,1-6H3,(H,40,47)(H,41,44)(H,42,45)/b12-10-/t23-,24+,26+,28+,29?/m1/s1. The minimum Gasteiger partial charge on any atom is -0.497 e. The number of halogens is 1. The molecule has 53 heavy (non-hydrogen) atoms. The van der Waals surface area contributed by atoms with Crippen molar-refractivity contribution in [1.82, 2.24) is 30.2 Å². The molecule has 3 N–H and O–H groups in total. The number of sulfonamides is 1. The number of hydrogen-bond donors (Lipinski definition) is 3. The van der Waals surface area contributed by atoms with Gasteiger partial charge in [-0.05, 0) is 78.9 Å². The lowest BCUT2D eigenvalue weighted by Crippen LogP contribution is -2.58. The van der Waals surface area contributed by atoms with E-state index in [1.807, 2.05) is 28.7 Å². The Morgan fingerprint density at radius 3 is 2.51 bits per heavy atom. The van der Waals surface area contributed by atoms with E-state index in [0.717, 1.165) is 12.8 Å². The SMILES string of the molecule is COc1ccc2nc(C)c(O[C@@H]3C[C@H]4C(=O)NC(C(=O)NS(=O)(=O)C5(C)CC5)[C@@H](I)/C=C\CCCCC[C@H](NC(=O)OC(C)(C)C)C(=O)N4C3)nc2c1. The lowest BCUT2D eigenvalue weighted by atomic mass is 10.1. The molecule has 2 aromatic rings. The van der Waals surface area contributed by atoms with Gasteiger partial charge in [-0.3, -0.25) is 19.1 Å². The third-order valence-corrected chi connectivity index (χ3v) is 12.8. The number of amides is 4. The number of rotatable bonds is 7. The molecule has 1 aromatic carbocycles. The number of carbonyl (C=O) groups excluding carboxylic acids is 4. The first-order valence-corrected chi connectivity index (χ1v) is 20.6. The summed E-state index contributed by atoms with van der Waals surface area (Å²) >= 11 is 2.01. The molecule has 2 fully saturated rings. The van der Waals surface area contributed by atoms with Crippen molar-refractivity contribution in [2.45, 2.75) is 124 Å². The summed E-state index contributed by atoms with van der Waals surface area (Å²) < 4.78 is 43.8. The minimum absolute atomic E-state index is 0.0143. The van der Waals surface area contributed by atoms with Crippen LogP contribution in [0, 0.1) is 6.92 Å². The van der Waals surface area contributed by atoms with Gasteiger partial charge >= 0.3 is 6.09 Å². The highest BCUT2D eigenvalue weighted by molar-refractivity contribution is 14.1. The molecular weight excluding hydrogens is 819 g/mol. The van der Waals surface area contributed by atoms with Crippen molar-refractivity contribution < 1.29 is 41.8 Å². The third-order valence-electron chi connectivity index (χ3n) is 9.54. The van der Waals surface area contributed by atoms with Crippen molar-refractivity contribution in [1.29, 1.82) is 0 Å². The van der Waals surface area contributed by atoms with Crippen molar-refractivity contribution in [3.63, 3.8) is 0 Å². The Labute approximate surface area is 323 Å². The molecular formula is C36H49IN6O9S. The number of aryl methyl sites for hydroxylation is 1. The van der Waals surface area contributed by atoms with Crippen LogP contribution in [0.2, 0.25) is 0 Å². The highest BCUT2D eigenvalue weighted by Gasteiger charge is 2.52. The number of carbonyl (C=O) groups is 4. The summed E-state index contributed by atoms with van der Waals surface area (Å²) in [5, 5.41) is 5.49. The van der Waals surface area contributed by atoms with Crippen LogP contribution in [0.5, 0.6) is 11.6 Å². The highest BCUT2D eigenvalue weighted by Crippen LogP contribution is 2.42. The summed E-state index contributed by atoms with van der Waals surface area (Å²) in [5.41, 5.74) is 0.838. The van der Waals surface area contributed by atoms with E-state index >= 15 is 0 Å². The average Bonchev–Trinajstić information content (AvgIpc) is 3.71. The molecule has 5 atom stereocenters. The van der Waals surface area contributed by atoms with Gasteiger partial charge in [0.25, 0.3) is 5.91 Å². The zero-order valence-electron chi connectivity index (χ0n) is 30.9. The number of allylic oxidation sites excluding steroid dienone is 1. The first-order chi connectivity index (χ1) is 24.9. The van der Waals surface area contributed by atoms with E-state index in [1.54, 1.807) is 66.0 Å². The Hall–Kier alpha value is -3.74. The molecule has 2 aliphatic heterocycles. The second kappa shape index (κ2) is 16.3. The summed E-state index contributed by atoms with van der Waals surface area (Å²) in [7, 11) is -2.46. The first-order valence-electron chi connectivity index (χ1n) is 17.9. The second-order valence-corrected chi connectivity index (χ2v) is 18.7. The smallest absolute Gasteiger partial charge is 0.408 e. The van der Waals surface area contributed by atoms with Crippen LogP contribution in [0.3, 0.4) is 0 Å². The molecule has 0 spiro atoms. The molecule has 3 heterocycles. The number of methoxy groups -OCH3 is 1. The van der Waals surface area contributed by atoms with E-state index in [-0.39, 0.29) is 18.8 Å². The number of alkyl halides is 1. The number of alkyl carbamates (subject to hydrolysis) is 1. The minimum atomic E-state index is -4.00. The summed E-state index contributed by atoms with van der Waals surface area (Å²) in [5.74, 6) is -1.27. The van der Waals surface area contributed by atoms with Crippen LogP contribution in [0.25, 0.3) is 11.0 Å². The number of fused-ring (bicyclic) bond motifs is 2. The largest absolute Gasteiger partial charge is 0.497 e. The fourth-order valence-electron chi connectivity index (χ4n) is 6.21. The van der Waals surface area contributed by atoms with Crippen LogP contribution >= 0.6 is 22.6 Å². The molecule has 1 saturated heterocycles. The molecule has 1 unspecified atom stereocenters. The third kappa shape index (κ3) is 10.1. The fraction of sp³-hybridized carbons (Fsp3) is 0.611.